The Hall–Kier alpha value is -0.310. The van der Waals surface area contributed by atoms with Gasteiger partial charge in [0.05, 0.1) is 10.0 Å². The van der Waals surface area contributed by atoms with Gasteiger partial charge in [-0.2, -0.15) is 5.10 Å². The Bertz CT molecular complexity index is 173. The summed E-state index contributed by atoms with van der Waals surface area (Å²) in [6.45, 7) is 4.14. The second-order valence-electron chi connectivity index (χ2n) is 2.44. The lowest BCUT2D eigenvalue weighted by atomic mass is 10.1. The van der Waals surface area contributed by atoms with E-state index in [1.165, 1.54) is 0 Å². The smallest absolute Gasteiger partial charge is 0.0616 e. The van der Waals surface area contributed by atoms with Gasteiger partial charge in [-0.15, -0.1) is 0 Å². The molecule has 1 rings (SSSR count). The summed E-state index contributed by atoms with van der Waals surface area (Å²) in [6, 6.07) is 1.95. The Morgan fingerprint density at radius 2 is 2.33 bits per heavy atom. The van der Waals surface area contributed by atoms with Crippen LogP contribution < -0.4 is 0 Å². The lowest BCUT2D eigenvalue weighted by Gasteiger charge is -2.11. The Morgan fingerprint density at radius 1 is 1.67 bits per heavy atom. The van der Waals surface area contributed by atoms with Crippen molar-refractivity contribution in [1.29, 1.82) is 0 Å². The third-order valence-electron chi connectivity index (χ3n) is 1.14. The molecule has 0 aromatic carbocycles. The number of hydrogen-bond donors (Lipinski definition) is 1. The molecule has 0 unspecified atom stereocenters. The van der Waals surface area contributed by atoms with Gasteiger partial charge in [-0.25, -0.2) is 0 Å². The van der Waals surface area contributed by atoms with E-state index in [1.807, 2.05) is 6.07 Å². The summed E-state index contributed by atoms with van der Waals surface area (Å²) in [5.41, 5.74) is 1.10. The first kappa shape index (κ1) is 6.81. The number of aromatic amines is 1. The molecule has 1 aromatic heterocycles. The van der Waals surface area contributed by atoms with E-state index in [2.05, 4.69) is 40.0 Å². The van der Waals surface area contributed by atoms with Crippen molar-refractivity contribution in [3.63, 3.8) is 0 Å². The molecule has 0 bridgehead atoms. The molecule has 0 atom stereocenters. The highest BCUT2D eigenvalue weighted by molar-refractivity contribution is 9.09. The van der Waals surface area contributed by atoms with Crippen LogP contribution in [0.25, 0.3) is 0 Å². The van der Waals surface area contributed by atoms with Crippen LogP contribution in [0.2, 0.25) is 0 Å². The molecule has 0 radical (unpaired) electrons. The number of hydrogen-bond acceptors (Lipinski definition) is 1. The van der Waals surface area contributed by atoms with Gasteiger partial charge in [0.1, 0.15) is 0 Å². The molecule has 2 nitrogen and oxygen atoms in total. The molecule has 0 fully saturated rings. The summed E-state index contributed by atoms with van der Waals surface area (Å²) in [6.07, 6.45) is 1.75. The molecule has 0 aliphatic carbocycles. The van der Waals surface area contributed by atoms with Gasteiger partial charge in [-0.05, 0) is 19.9 Å². The fraction of sp³-hybridized carbons (Fsp3) is 0.500. The van der Waals surface area contributed by atoms with Gasteiger partial charge in [0.25, 0.3) is 0 Å². The van der Waals surface area contributed by atoms with Crippen molar-refractivity contribution in [1.82, 2.24) is 10.2 Å². The molecule has 0 amide bonds. The van der Waals surface area contributed by atoms with Gasteiger partial charge in [-0.3, -0.25) is 5.10 Å². The Morgan fingerprint density at radius 3 is 2.56 bits per heavy atom. The van der Waals surface area contributed by atoms with Crippen LogP contribution in [-0.2, 0) is 4.32 Å². The quantitative estimate of drug-likeness (QED) is 0.672. The minimum Gasteiger partial charge on any atom is -0.281 e. The molecule has 50 valence electrons. The first-order chi connectivity index (χ1) is 4.11. The number of nitrogens with zero attached hydrogens (tertiary/aromatic N) is 1. The predicted octanol–water partition coefficient (Wildman–Crippen LogP) is 2.04. The highest BCUT2D eigenvalue weighted by atomic mass is 79.9. The number of aromatic nitrogens is 2. The summed E-state index contributed by atoms with van der Waals surface area (Å²) in [5.74, 6) is 0. The Labute approximate surface area is 62.8 Å². The van der Waals surface area contributed by atoms with Crippen molar-refractivity contribution in [2.75, 3.05) is 0 Å². The molecule has 0 aliphatic heterocycles. The van der Waals surface area contributed by atoms with Crippen LogP contribution in [0.15, 0.2) is 12.3 Å². The normalized spacial score (nSPS) is 11.9. The lowest BCUT2D eigenvalue weighted by Crippen LogP contribution is -2.06. The fourth-order valence-corrected chi connectivity index (χ4v) is 0.808. The van der Waals surface area contributed by atoms with Crippen LogP contribution in [0.5, 0.6) is 0 Å². The van der Waals surface area contributed by atoms with Gasteiger partial charge in [-0.1, -0.05) is 15.9 Å². The predicted molar refractivity (Wildman–Crippen MR) is 40.5 cm³/mol. The van der Waals surface area contributed by atoms with E-state index in [9.17, 15) is 0 Å². The number of H-pyrrole nitrogens is 1. The minimum atomic E-state index is 0.0174. The van der Waals surface area contributed by atoms with Crippen molar-refractivity contribution in [2.24, 2.45) is 0 Å². The number of rotatable bonds is 1. The van der Waals surface area contributed by atoms with Crippen LogP contribution in [0.3, 0.4) is 0 Å². The first-order valence-corrected chi connectivity index (χ1v) is 3.59. The van der Waals surface area contributed by atoms with Crippen LogP contribution in [0, 0.1) is 0 Å². The SMILES string of the molecule is CC(C)(Br)c1ccn[nH]1. The molecule has 1 N–H and O–H groups in total. The Kier molecular flexibility index (Phi) is 1.62. The third kappa shape index (κ3) is 1.55. The second-order valence-corrected chi connectivity index (χ2v) is 4.43. The van der Waals surface area contributed by atoms with E-state index < -0.39 is 0 Å². The van der Waals surface area contributed by atoms with E-state index in [1.54, 1.807) is 6.20 Å². The highest BCUT2D eigenvalue weighted by Crippen LogP contribution is 2.27. The molecule has 1 aromatic rings. The summed E-state index contributed by atoms with van der Waals surface area (Å²) in [4.78, 5) is 0. The molecule has 0 saturated carbocycles. The molecule has 9 heavy (non-hydrogen) atoms. The van der Waals surface area contributed by atoms with Gasteiger partial charge in [0.2, 0.25) is 0 Å². The van der Waals surface area contributed by atoms with Crippen LogP contribution in [0.1, 0.15) is 19.5 Å². The summed E-state index contributed by atoms with van der Waals surface area (Å²) < 4.78 is 0.0174. The van der Waals surface area contributed by atoms with Crippen molar-refractivity contribution < 1.29 is 0 Å². The van der Waals surface area contributed by atoms with Gasteiger partial charge in [0.15, 0.2) is 0 Å². The second kappa shape index (κ2) is 2.14. The van der Waals surface area contributed by atoms with Gasteiger partial charge < -0.3 is 0 Å². The molecule has 0 spiro atoms. The average molecular weight is 189 g/mol. The van der Waals surface area contributed by atoms with Gasteiger partial charge >= 0.3 is 0 Å². The maximum absolute atomic E-state index is 3.83. The summed E-state index contributed by atoms with van der Waals surface area (Å²) >= 11 is 3.49. The maximum Gasteiger partial charge on any atom is 0.0616 e. The molecular formula is C6H9BrN2. The number of alkyl halides is 1. The number of nitrogens with one attached hydrogen (secondary N) is 1. The van der Waals surface area contributed by atoms with E-state index >= 15 is 0 Å². The van der Waals surface area contributed by atoms with Crippen molar-refractivity contribution >= 4 is 15.9 Å². The maximum atomic E-state index is 3.83. The molecule has 0 aliphatic rings. The van der Waals surface area contributed by atoms with Crippen LogP contribution in [-0.4, -0.2) is 10.2 Å². The standard InChI is InChI=1S/C6H9BrN2/c1-6(2,7)5-3-4-8-9-5/h3-4H,1-2H3,(H,8,9). The van der Waals surface area contributed by atoms with Crippen LogP contribution >= 0.6 is 15.9 Å². The van der Waals surface area contributed by atoms with E-state index in [0.29, 0.717) is 0 Å². The van der Waals surface area contributed by atoms with Crippen LogP contribution in [0.4, 0.5) is 0 Å². The topological polar surface area (TPSA) is 28.7 Å². The van der Waals surface area contributed by atoms with E-state index in [4.69, 9.17) is 0 Å². The average Bonchev–Trinajstić information content (AvgIpc) is 2.08. The molecule has 0 saturated heterocycles. The summed E-state index contributed by atoms with van der Waals surface area (Å²) in [5, 5.41) is 6.71. The fourth-order valence-electron chi connectivity index (χ4n) is 0.587. The zero-order chi connectivity index (χ0) is 6.91. The molecular weight excluding hydrogens is 180 g/mol. The third-order valence-corrected chi connectivity index (χ3v) is 1.57. The van der Waals surface area contributed by atoms with E-state index in [-0.39, 0.29) is 4.32 Å². The first-order valence-electron chi connectivity index (χ1n) is 2.79. The molecule has 1 heterocycles. The summed E-state index contributed by atoms with van der Waals surface area (Å²) in [7, 11) is 0. The Balaban J connectivity index is 2.90. The highest BCUT2D eigenvalue weighted by Gasteiger charge is 2.16. The van der Waals surface area contributed by atoms with Crippen molar-refractivity contribution in [3.05, 3.63) is 18.0 Å². The van der Waals surface area contributed by atoms with Crippen molar-refractivity contribution in [3.8, 4) is 0 Å². The lowest BCUT2D eigenvalue weighted by molar-refractivity contribution is 0.757. The largest absolute Gasteiger partial charge is 0.281 e. The van der Waals surface area contributed by atoms with E-state index in [0.717, 1.165) is 5.69 Å². The van der Waals surface area contributed by atoms with Gasteiger partial charge in [0, 0.05) is 6.20 Å². The number of halogens is 1. The minimum absolute atomic E-state index is 0.0174. The zero-order valence-corrected chi connectivity index (χ0v) is 7.07. The zero-order valence-electron chi connectivity index (χ0n) is 5.48. The van der Waals surface area contributed by atoms with Crippen molar-refractivity contribution in [2.45, 2.75) is 18.2 Å². The molecule has 3 heteroatoms. The monoisotopic (exact) mass is 188 g/mol.